The third-order valence-electron chi connectivity index (χ3n) is 6.50. The predicted octanol–water partition coefficient (Wildman–Crippen LogP) is 4.06. The molecule has 5 rings (SSSR count). The Morgan fingerprint density at radius 3 is 2.47 bits per heavy atom. The van der Waals surface area contributed by atoms with Gasteiger partial charge in [-0.1, -0.05) is 61.4 Å². The Morgan fingerprint density at radius 2 is 1.72 bits per heavy atom. The normalized spacial score (nSPS) is 17.6. The Labute approximate surface area is 187 Å². The Kier molecular flexibility index (Phi) is 5.45. The summed E-state index contributed by atoms with van der Waals surface area (Å²) in [6.07, 6.45) is 5.00. The number of pyridine rings is 1. The molecule has 1 atom stereocenters. The van der Waals surface area contributed by atoms with Crippen LogP contribution in [0.15, 0.2) is 79.0 Å². The monoisotopic (exact) mass is 426 g/mol. The molecule has 6 nitrogen and oxygen atoms in total. The van der Waals surface area contributed by atoms with E-state index in [1.54, 1.807) is 11.1 Å². The predicted molar refractivity (Wildman–Crippen MR) is 124 cm³/mol. The molecule has 2 N–H and O–H groups in total. The van der Waals surface area contributed by atoms with E-state index in [2.05, 4.69) is 15.6 Å². The molecule has 1 spiro atoms. The molecular weight excluding hydrogens is 400 g/mol. The van der Waals surface area contributed by atoms with Gasteiger partial charge in [0.05, 0.1) is 29.7 Å². The van der Waals surface area contributed by atoms with E-state index in [-0.39, 0.29) is 24.4 Å². The molecule has 1 aliphatic carbocycles. The molecule has 1 fully saturated rings. The van der Waals surface area contributed by atoms with Gasteiger partial charge in [0.25, 0.3) is 5.91 Å². The van der Waals surface area contributed by atoms with Gasteiger partial charge in [-0.25, -0.2) is 0 Å². The molecule has 2 aromatic carbocycles. The maximum atomic E-state index is 13.7. The zero-order chi connectivity index (χ0) is 22.0. The number of aromatic nitrogens is 1. The summed E-state index contributed by atoms with van der Waals surface area (Å²) in [6, 6.07) is 23.1. The zero-order valence-electron chi connectivity index (χ0n) is 17.8. The number of carbonyl (C=O) groups excluding carboxylic acids is 2. The van der Waals surface area contributed by atoms with Crippen LogP contribution in [0.2, 0.25) is 0 Å². The van der Waals surface area contributed by atoms with E-state index in [9.17, 15) is 9.59 Å². The van der Waals surface area contributed by atoms with Crippen LogP contribution in [0.5, 0.6) is 0 Å². The standard InChI is InChI=1S/C26H26N4O2/c31-23(18-28-24(19-10-2-1-3-11-19)21-13-6-9-17-27-21)30-22-14-5-4-12-20(22)29-25(32)26(30)15-7-8-16-26/h1-6,9-14,17,24,28H,7-8,15-16,18H2,(H,29,32). The van der Waals surface area contributed by atoms with Crippen molar-refractivity contribution in [3.05, 3.63) is 90.3 Å². The highest BCUT2D eigenvalue weighted by Gasteiger charge is 2.52. The third-order valence-corrected chi connectivity index (χ3v) is 6.50. The summed E-state index contributed by atoms with van der Waals surface area (Å²) >= 11 is 0. The molecule has 1 saturated carbocycles. The van der Waals surface area contributed by atoms with Gasteiger partial charge in [-0.3, -0.25) is 24.8 Å². The minimum atomic E-state index is -0.805. The topological polar surface area (TPSA) is 74.3 Å². The van der Waals surface area contributed by atoms with Crippen LogP contribution in [-0.4, -0.2) is 28.9 Å². The highest BCUT2D eigenvalue weighted by Crippen LogP contribution is 2.45. The number of amides is 2. The molecule has 162 valence electrons. The van der Waals surface area contributed by atoms with Crippen molar-refractivity contribution in [3.8, 4) is 0 Å². The fourth-order valence-corrected chi connectivity index (χ4v) is 4.98. The number of benzene rings is 2. The van der Waals surface area contributed by atoms with E-state index < -0.39 is 5.54 Å². The number of anilines is 2. The first-order valence-corrected chi connectivity index (χ1v) is 11.1. The van der Waals surface area contributed by atoms with Crippen LogP contribution < -0.4 is 15.5 Å². The summed E-state index contributed by atoms with van der Waals surface area (Å²) in [5.74, 6) is -0.183. The van der Waals surface area contributed by atoms with Gasteiger partial charge in [0.1, 0.15) is 5.54 Å². The molecule has 32 heavy (non-hydrogen) atoms. The van der Waals surface area contributed by atoms with E-state index >= 15 is 0 Å². The van der Waals surface area contributed by atoms with Crippen molar-refractivity contribution < 1.29 is 9.59 Å². The molecule has 2 amide bonds. The van der Waals surface area contributed by atoms with E-state index in [4.69, 9.17) is 0 Å². The van der Waals surface area contributed by atoms with Crippen LogP contribution >= 0.6 is 0 Å². The molecule has 1 aromatic heterocycles. The largest absolute Gasteiger partial charge is 0.322 e. The third kappa shape index (κ3) is 3.56. The fourth-order valence-electron chi connectivity index (χ4n) is 4.98. The van der Waals surface area contributed by atoms with Crippen molar-refractivity contribution in [3.63, 3.8) is 0 Å². The van der Waals surface area contributed by atoms with Crippen LogP contribution in [0, 0.1) is 0 Å². The van der Waals surface area contributed by atoms with Crippen molar-refractivity contribution in [2.24, 2.45) is 0 Å². The lowest BCUT2D eigenvalue weighted by molar-refractivity contribution is -0.127. The van der Waals surface area contributed by atoms with Crippen LogP contribution in [0.4, 0.5) is 11.4 Å². The van der Waals surface area contributed by atoms with E-state index in [1.165, 1.54) is 0 Å². The zero-order valence-corrected chi connectivity index (χ0v) is 17.8. The average molecular weight is 427 g/mol. The average Bonchev–Trinajstić information content (AvgIpc) is 3.32. The molecule has 2 aliphatic rings. The van der Waals surface area contributed by atoms with Gasteiger partial charge >= 0.3 is 0 Å². The van der Waals surface area contributed by atoms with Crippen molar-refractivity contribution >= 4 is 23.2 Å². The quantitative estimate of drug-likeness (QED) is 0.645. The summed E-state index contributed by atoms with van der Waals surface area (Å²) in [6.45, 7) is 0.0967. The minimum Gasteiger partial charge on any atom is -0.322 e. The number of hydrogen-bond acceptors (Lipinski definition) is 4. The van der Waals surface area contributed by atoms with Crippen molar-refractivity contribution in [2.45, 2.75) is 37.3 Å². The molecule has 3 aromatic rings. The maximum absolute atomic E-state index is 13.7. The van der Waals surface area contributed by atoms with Crippen LogP contribution in [0.3, 0.4) is 0 Å². The van der Waals surface area contributed by atoms with E-state index in [0.717, 1.165) is 29.8 Å². The van der Waals surface area contributed by atoms with Gasteiger partial charge in [-0.15, -0.1) is 0 Å². The molecule has 0 radical (unpaired) electrons. The summed E-state index contributed by atoms with van der Waals surface area (Å²) < 4.78 is 0. The summed E-state index contributed by atoms with van der Waals surface area (Å²) in [4.78, 5) is 33.1. The Morgan fingerprint density at radius 1 is 1.00 bits per heavy atom. The number of para-hydroxylation sites is 2. The second-order valence-corrected chi connectivity index (χ2v) is 8.42. The number of fused-ring (bicyclic) bond motifs is 1. The SMILES string of the molecule is O=C(CNC(c1ccccc1)c1ccccn1)N1c2ccccc2NC(=O)C12CCCC2. The lowest BCUT2D eigenvalue weighted by Crippen LogP contribution is -2.62. The van der Waals surface area contributed by atoms with Crippen molar-refractivity contribution in [1.82, 2.24) is 10.3 Å². The molecule has 6 heteroatoms. The van der Waals surface area contributed by atoms with Gasteiger partial charge in [-0.2, -0.15) is 0 Å². The first kappa shape index (κ1) is 20.4. The van der Waals surface area contributed by atoms with Gasteiger partial charge in [-0.05, 0) is 42.7 Å². The second kappa shape index (κ2) is 8.55. The number of rotatable bonds is 5. The van der Waals surface area contributed by atoms with E-state index in [0.29, 0.717) is 18.5 Å². The Hall–Kier alpha value is -3.51. The first-order valence-electron chi connectivity index (χ1n) is 11.1. The highest BCUT2D eigenvalue weighted by molar-refractivity contribution is 6.15. The molecule has 1 aliphatic heterocycles. The Bertz CT molecular complexity index is 1070. The minimum absolute atomic E-state index is 0.0774. The smallest absolute Gasteiger partial charge is 0.250 e. The molecule has 0 saturated heterocycles. The van der Waals surface area contributed by atoms with Gasteiger partial charge in [0.15, 0.2) is 0 Å². The van der Waals surface area contributed by atoms with E-state index in [1.807, 2.05) is 72.8 Å². The molecule has 2 heterocycles. The lowest BCUT2D eigenvalue weighted by Gasteiger charge is -2.44. The number of nitrogens with one attached hydrogen (secondary N) is 2. The molecule has 1 unspecified atom stereocenters. The fraction of sp³-hybridized carbons (Fsp3) is 0.269. The number of carbonyl (C=O) groups is 2. The van der Waals surface area contributed by atoms with Crippen LogP contribution in [0.1, 0.15) is 43.0 Å². The summed E-state index contributed by atoms with van der Waals surface area (Å²) in [5.41, 5.74) is 2.54. The molecular formula is C26H26N4O2. The summed E-state index contributed by atoms with van der Waals surface area (Å²) in [7, 11) is 0. The second-order valence-electron chi connectivity index (χ2n) is 8.42. The first-order chi connectivity index (χ1) is 15.7. The Balaban J connectivity index is 1.46. The van der Waals surface area contributed by atoms with Crippen LogP contribution in [0.25, 0.3) is 0 Å². The maximum Gasteiger partial charge on any atom is 0.250 e. The molecule has 0 bridgehead atoms. The van der Waals surface area contributed by atoms with Gasteiger partial charge < -0.3 is 5.32 Å². The number of hydrogen-bond donors (Lipinski definition) is 2. The van der Waals surface area contributed by atoms with Gasteiger partial charge in [0, 0.05) is 6.20 Å². The van der Waals surface area contributed by atoms with Crippen molar-refractivity contribution in [1.29, 1.82) is 0 Å². The highest BCUT2D eigenvalue weighted by atomic mass is 16.2. The van der Waals surface area contributed by atoms with Crippen molar-refractivity contribution in [2.75, 3.05) is 16.8 Å². The summed E-state index contributed by atoms with van der Waals surface area (Å²) in [5, 5.41) is 6.45. The van der Waals surface area contributed by atoms with Gasteiger partial charge in [0.2, 0.25) is 5.91 Å². The number of nitrogens with zero attached hydrogens (tertiary/aromatic N) is 2. The van der Waals surface area contributed by atoms with Crippen LogP contribution in [-0.2, 0) is 9.59 Å². The lowest BCUT2D eigenvalue weighted by atomic mass is 9.89.